The second-order valence-corrected chi connectivity index (χ2v) is 15.4. The molecule has 0 aromatic heterocycles. The minimum Gasteiger partial charge on any atom is -0.872 e. The first-order chi connectivity index (χ1) is 30.0. The van der Waals surface area contributed by atoms with Crippen molar-refractivity contribution in [3.63, 3.8) is 0 Å². The Morgan fingerprint density at radius 3 is 1.63 bits per heavy atom. The molecule has 0 aliphatic carbocycles. The van der Waals surface area contributed by atoms with E-state index in [0.717, 1.165) is 30.1 Å². The van der Waals surface area contributed by atoms with E-state index in [1.165, 1.54) is 24.3 Å². The van der Waals surface area contributed by atoms with Gasteiger partial charge in [0.05, 0.1) is 49.6 Å². The number of rotatable bonds is 11. The van der Waals surface area contributed by atoms with Crippen molar-refractivity contribution in [2.75, 3.05) is 0 Å². The van der Waals surface area contributed by atoms with Crippen LogP contribution in [0.5, 0.6) is 23.0 Å². The molecule has 0 aliphatic heterocycles. The molecule has 0 amide bonds. The number of nitro benzene ring substituents is 1. The van der Waals surface area contributed by atoms with E-state index in [4.69, 9.17) is 0 Å². The summed E-state index contributed by atoms with van der Waals surface area (Å²) >= 11 is 0. The first-order valence-corrected chi connectivity index (χ1v) is 20.4. The zero-order valence-electron chi connectivity index (χ0n) is 35.1. The van der Waals surface area contributed by atoms with E-state index in [-0.39, 0.29) is 123 Å². The van der Waals surface area contributed by atoms with Crippen molar-refractivity contribution < 1.29 is 157 Å². The smallest absolute Gasteiger partial charge is 0.872 e. The summed E-state index contributed by atoms with van der Waals surface area (Å²) in [5, 5.41) is 84.1. The van der Waals surface area contributed by atoms with Gasteiger partial charge in [-0.25, -0.2) is 16.8 Å². The van der Waals surface area contributed by atoms with Crippen LogP contribution >= 0.6 is 0 Å². The van der Waals surface area contributed by atoms with E-state index < -0.39 is 69.3 Å². The van der Waals surface area contributed by atoms with Crippen LogP contribution in [0.4, 0.5) is 45.5 Å². The summed E-state index contributed by atoms with van der Waals surface area (Å²) in [4.78, 5) is 11.9. The fourth-order valence-corrected chi connectivity index (χ4v) is 6.44. The molecule has 7 rings (SSSR count). The summed E-state index contributed by atoms with van der Waals surface area (Å²) in [7, 11) is -9.99. The fraction of sp³-hybridized carbons (Fsp3) is 0. The maximum Gasteiger partial charge on any atom is 3.00 e. The number of benzene rings is 7. The second kappa shape index (κ2) is 26.1. The number of hydrogen-bond acceptors (Lipinski definition) is 19. The number of fused-ring (bicyclic) bond motifs is 1. The number of nitrogens with zero attached hydrogens (tertiary/aromatic N) is 8. The molecule has 0 saturated heterocycles. The van der Waals surface area contributed by atoms with Crippen molar-refractivity contribution in [1.29, 1.82) is 0 Å². The molecule has 7 aromatic rings. The molecule has 0 heterocycles. The molecule has 1 radical (unpaired) electrons. The van der Waals surface area contributed by atoms with Crippen LogP contribution in [0.1, 0.15) is 5.56 Å². The van der Waals surface area contributed by atoms with E-state index in [0.29, 0.717) is 40.0 Å². The zero-order chi connectivity index (χ0) is 45.3. The van der Waals surface area contributed by atoms with Gasteiger partial charge in [0.1, 0.15) is 25.1 Å². The first kappa shape index (κ1) is 58.3. The van der Waals surface area contributed by atoms with Crippen molar-refractivity contribution >= 4 is 82.7 Å². The van der Waals surface area contributed by atoms with Crippen molar-refractivity contribution in [1.82, 2.24) is 0 Å². The molecule has 0 spiro atoms. The van der Waals surface area contributed by atoms with E-state index in [1.807, 2.05) is 30.3 Å². The number of nitro groups is 1. The van der Waals surface area contributed by atoms with Crippen LogP contribution in [0.3, 0.4) is 0 Å². The molecular weight excluding hydrogens is 982 g/mol. The van der Waals surface area contributed by atoms with Gasteiger partial charge in [-0.15, -0.1) is 0 Å². The van der Waals surface area contributed by atoms with Gasteiger partial charge < -0.3 is 29.5 Å². The third-order valence-electron chi connectivity index (χ3n) is 8.35. The minimum atomic E-state index is -5.23. The van der Waals surface area contributed by atoms with Crippen molar-refractivity contribution in [3.8, 4) is 23.0 Å². The monoisotopic (exact) mass is 1010 g/mol. The molecule has 0 unspecified atom stereocenters. The summed E-state index contributed by atoms with van der Waals surface area (Å²) in [5.74, 6) is -2.55. The van der Waals surface area contributed by atoms with Crippen LogP contribution in [0.25, 0.3) is 10.8 Å². The van der Waals surface area contributed by atoms with Crippen molar-refractivity contribution in [2.45, 2.75) is 9.79 Å². The van der Waals surface area contributed by atoms with Gasteiger partial charge in [0, 0.05) is 17.7 Å². The Morgan fingerprint density at radius 1 is 0.493 bits per heavy atom. The average Bonchev–Trinajstić information content (AvgIpc) is 3.25. The maximum absolute atomic E-state index is 12.2. The summed E-state index contributed by atoms with van der Waals surface area (Å²) in [6.45, 7) is 0. The van der Waals surface area contributed by atoms with Crippen LogP contribution in [-0.2, 0) is 37.6 Å². The molecule has 26 heteroatoms. The molecule has 0 atom stereocenters. The first-order valence-electron chi connectivity index (χ1n) is 17.6. The van der Waals surface area contributed by atoms with Crippen LogP contribution in [0.15, 0.2) is 185 Å². The summed E-state index contributed by atoms with van der Waals surface area (Å²) in [5.41, 5.74) is 0.302. The zero-order valence-corrected chi connectivity index (χ0v) is 44.0. The molecule has 0 saturated carbocycles. The summed E-state index contributed by atoms with van der Waals surface area (Å²) < 4.78 is 66.8. The van der Waals surface area contributed by atoms with Crippen LogP contribution in [0.2, 0.25) is 0 Å². The standard InChI is InChI=1S/C25H19N5O5S.C16H11N3O7S.Cr.3Na/c31-24-12-10-21(14-17(24)16-26-23-15-22(36(33,34)35)11-13-25(23)32)30-29-20-8-6-19(7-9-20)28-27-18-4-2-1-3-5-18;20-13-6-5-9-3-1-2-4-10(9)16(13)18-17-11-7-12(19(22)23)15(8-14(11)21)27(24,25)26;;;;/h1-16,31-32H,(H,33,34,35);1-8,20-21H,(H,24,25,26);;;;/q;;+3;3*+1/p-6. The Kier molecular flexibility index (Phi) is 22.7. The molecule has 67 heavy (non-hydrogen) atoms. The Hall–Kier alpha value is -4.78. The van der Waals surface area contributed by atoms with E-state index in [9.17, 15) is 56.5 Å². The molecular formula is C41H24CrN8Na3O12S2. The Labute approximate surface area is 458 Å². The van der Waals surface area contributed by atoms with E-state index in [1.54, 1.807) is 54.6 Å². The normalized spacial score (nSPS) is 11.3. The second-order valence-electron chi connectivity index (χ2n) is 12.6. The van der Waals surface area contributed by atoms with Gasteiger partial charge >= 0.3 is 106 Å². The third kappa shape index (κ3) is 16.2. The molecule has 0 bridgehead atoms. The maximum atomic E-state index is 12.2. The Balaban J connectivity index is 0.000000449. The number of hydrogen-bond donors (Lipinski definition) is 0. The van der Waals surface area contributed by atoms with Gasteiger partial charge in [0.15, 0.2) is 0 Å². The van der Waals surface area contributed by atoms with Gasteiger partial charge in [-0.2, -0.15) is 30.7 Å². The Bertz CT molecular complexity index is 3230. The molecule has 0 aliphatic rings. The van der Waals surface area contributed by atoms with Gasteiger partial charge in [-0.05, 0) is 77.7 Å². The topological polar surface area (TPSA) is 336 Å². The van der Waals surface area contributed by atoms with Gasteiger partial charge in [0.2, 0.25) is 0 Å². The van der Waals surface area contributed by atoms with E-state index in [2.05, 4.69) is 35.7 Å². The summed E-state index contributed by atoms with van der Waals surface area (Å²) in [6, 6.07) is 33.5. The van der Waals surface area contributed by atoms with Crippen LogP contribution < -0.4 is 109 Å². The molecule has 20 nitrogen and oxygen atoms in total. The van der Waals surface area contributed by atoms with Gasteiger partial charge in [-0.1, -0.05) is 89.7 Å². The van der Waals surface area contributed by atoms with Crippen LogP contribution in [-0.4, -0.2) is 37.1 Å². The molecule has 321 valence electrons. The van der Waals surface area contributed by atoms with Crippen LogP contribution in [0, 0.1) is 10.1 Å². The predicted octanol–water partition coefficient (Wildman–Crippen LogP) is -1.46. The van der Waals surface area contributed by atoms with E-state index >= 15 is 0 Å². The molecule has 0 N–H and O–H groups in total. The quantitative estimate of drug-likeness (QED) is 0.0359. The Morgan fingerprint density at radius 2 is 1.03 bits per heavy atom. The number of azo groups is 3. The minimum absolute atomic E-state index is 0. The van der Waals surface area contributed by atoms with Gasteiger partial charge in [-0.3, -0.25) is 15.1 Å². The SMILES string of the molecule is O=S(=O)([O-])c1ccc([O-])c(N=Cc2cc(N=Nc3ccc(N=Nc4ccccc4)cc3)ccc2[O-])c1.O=[N+]([O-])c1cc(N=Nc2c([O-])ccc3ccccc23)c([O-])cc1S(=O)(=O)[O-].[Cr+3].[Na+].[Na+].[Na+]. The number of aliphatic imine (C=N–C) groups is 1. The fourth-order valence-electron chi connectivity index (χ4n) is 5.31. The van der Waals surface area contributed by atoms with Crippen molar-refractivity contribution in [2.24, 2.45) is 35.7 Å². The largest absolute Gasteiger partial charge is 3.00 e. The van der Waals surface area contributed by atoms with Gasteiger partial charge in [0.25, 0.3) is 5.69 Å². The third-order valence-corrected chi connectivity index (χ3v) is 10.0. The average molecular weight is 1010 g/mol. The molecule has 7 aromatic carbocycles. The predicted molar refractivity (Wildman–Crippen MR) is 216 cm³/mol. The van der Waals surface area contributed by atoms with Crippen molar-refractivity contribution in [3.05, 3.63) is 155 Å². The molecule has 0 fully saturated rings. The summed E-state index contributed by atoms with van der Waals surface area (Å²) in [6.07, 6.45) is 1.10.